The molecule has 1 fully saturated rings. The Hall–Kier alpha value is -0.960. The van der Waals surface area contributed by atoms with E-state index in [4.69, 9.17) is 0 Å². The zero-order valence-electron chi connectivity index (χ0n) is 11.8. The molecule has 0 spiro atoms. The highest BCUT2D eigenvalue weighted by molar-refractivity contribution is 5.19. The van der Waals surface area contributed by atoms with E-state index in [2.05, 4.69) is 12.2 Å². The molecule has 1 nitrogen and oxygen atoms in total. The highest BCUT2D eigenvalue weighted by Gasteiger charge is 2.25. The lowest BCUT2D eigenvalue weighted by Crippen LogP contribution is -2.37. The fraction of sp³-hybridized carbons (Fsp3) is 0.625. The molecule has 0 bridgehead atoms. The standard InChI is InChI=1S/C16H23F2N/c1-11-3-6-13(7-4-11)16(19-2)10-12-5-8-14(17)15(18)9-12/h5,8-9,11,13,16,19H,3-4,6-7,10H2,1-2H3. The Morgan fingerprint density at radius 1 is 1.16 bits per heavy atom. The second-order valence-corrected chi connectivity index (χ2v) is 5.87. The van der Waals surface area contributed by atoms with Crippen LogP contribution in [0.15, 0.2) is 18.2 Å². The maximum absolute atomic E-state index is 13.2. The van der Waals surface area contributed by atoms with Gasteiger partial charge in [0.15, 0.2) is 11.6 Å². The topological polar surface area (TPSA) is 12.0 Å². The van der Waals surface area contributed by atoms with E-state index in [0.29, 0.717) is 12.0 Å². The molecule has 0 saturated heterocycles. The fourth-order valence-corrected chi connectivity index (χ4v) is 3.11. The molecule has 1 atom stereocenters. The molecule has 1 unspecified atom stereocenters. The first kappa shape index (κ1) is 14.4. The molecule has 1 N–H and O–H groups in total. The Morgan fingerprint density at radius 3 is 2.42 bits per heavy atom. The Bertz CT molecular complexity index is 411. The number of rotatable bonds is 4. The first-order valence-corrected chi connectivity index (χ1v) is 7.21. The molecular formula is C16H23F2N. The van der Waals surface area contributed by atoms with Crippen LogP contribution in [-0.4, -0.2) is 13.1 Å². The lowest BCUT2D eigenvalue weighted by atomic mass is 9.78. The van der Waals surface area contributed by atoms with Crippen LogP contribution in [-0.2, 0) is 6.42 Å². The largest absolute Gasteiger partial charge is 0.316 e. The number of hydrogen-bond acceptors (Lipinski definition) is 1. The van der Waals surface area contributed by atoms with E-state index < -0.39 is 11.6 Å². The summed E-state index contributed by atoms with van der Waals surface area (Å²) in [5.41, 5.74) is 0.872. The van der Waals surface area contributed by atoms with Gasteiger partial charge in [-0.15, -0.1) is 0 Å². The van der Waals surface area contributed by atoms with Crippen molar-refractivity contribution in [3.05, 3.63) is 35.4 Å². The number of hydrogen-bond donors (Lipinski definition) is 1. The predicted octanol–water partition coefficient (Wildman–Crippen LogP) is 3.92. The maximum Gasteiger partial charge on any atom is 0.159 e. The highest BCUT2D eigenvalue weighted by Crippen LogP contribution is 2.31. The van der Waals surface area contributed by atoms with E-state index in [9.17, 15) is 8.78 Å². The third kappa shape index (κ3) is 3.75. The van der Waals surface area contributed by atoms with E-state index in [1.165, 1.54) is 37.8 Å². The van der Waals surface area contributed by atoms with Crippen molar-refractivity contribution in [1.82, 2.24) is 5.32 Å². The Balaban J connectivity index is 2.00. The second kappa shape index (κ2) is 6.47. The molecular weight excluding hydrogens is 244 g/mol. The van der Waals surface area contributed by atoms with Crippen molar-refractivity contribution in [2.24, 2.45) is 11.8 Å². The average Bonchev–Trinajstić information content (AvgIpc) is 2.41. The average molecular weight is 267 g/mol. The summed E-state index contributed by atoms with van der Waals surface area (Å²) in [6.45, 7) is 2.31. The molecule has 0 heterocycles. The lowest BCUT2D eigenvalue weighted by molar-refractivity contribution is 0.235. The summed E-state index contributed by atoms with van der Waals surface area (Å²) in [6, 6.07) is 4.59. The number of benzene rings is 1. The molecule has 19 heavy (non-hydrogen) atoms. The molecule has 2 rings (SSSR count). The van der Waals surface area contributed by atoms with Crippen LogP contribution < -0.4 is 5.32 Å². The summed E-state index contributed by atoms with van der Waals surface area (Å²) >= 11 is 0. The van der Waals surface area contributed by atoms with E-state index in [-0.39, 0.29) is 0 Å². The van der Waals surface area contributed by atoms with Gasteiger partial charge in [-0.3, -0.25) is 0 Å². The molecule has 0 aromatic heterocycles. The summed E-state index contributed by atoms with van der Waals surface area (Å²) < 4.78 is 26.2. The summed E-state index contributed by atoms with van der Waals surface area (Å²) in [5, 5.41) is 3.35. The molecule has 0 aliphatic heterocycles. The van der Waals surface area contributed by atoms with Gasteiger partial charge in [-0.1, -0.05) is 25.8 Å². The van der Waals surface area contributed by atoms with Crippen LogP contribution in [0, 0.1) is 23.5 Å². The molecule has 1 aliphatic rings. The molecule has 0 amide bonds. The van der Waals surface area contributed by atoms with Gasteiger partial charge >= 0.3 is 0 Å². The summed E-state index contributed by atoms with van der Waals surface area (Å²) in [5.74, 6) is -0.0350. The van der Waals surface area contributed by atoms with Crippen molar-refractivity contribution < 1.29 is 8.78 Å². The molecule has 0 radical (unpaired) electrons. The van der Waals surface area contributed by atoms with Crippen LogP contribution in [0.3, 0.4) is 0 Å². The van der Waals surface area contributed by atoms with Crippen molar-refractivity contribution >= 4 is 0 Å². The number of likely N-dealkylation sites (N-methyl/N-ethyl adjacent to an activating group) is 1. The normalized spacial score (nSPS) is 25.3. The van der Waals surface area contributed by atoms with Gasteiger partial charge < -0.3 is 5.32 Å². The molecule has 3 heteroatoms. The molecule has 1 aromatic rings. The smallest absolute Gasteiger partial charge is 0.159 e. The Labute approximate surface area is 114 Å². The number of nitrogens with one attached hydrogen (secondary N) is 1. The van der Waals surface area contributed by atoms with E-state index in [1.807, 2.05) is 7.05 Å². The zero-order valence-corrected chi connectivity index (χ0v) is 11.8. The third-order valence-corrected chi connectivity index (χ3v) is 4.44. The van der Waals surface area contributed by atoms with Crippen molar-refractivity contribution in [1.29, 1.82) is 0 Å². The van der Waals surface area contributed by atoms with Gasteiger partial charge in [0.1, 0.15) is 0 Å². The molecule has 1 aliphatic carbocycles. The first-order valence-electron chi connectivity index (χ1n) is 7.21. The minimum atomic E-state index is -0.767. The first-order chi connectivity index (χ1) is 9.10. The van der Waals surface area contributed by atoms with Gasteiger partial charge in [0.2, 0.25) is 0 Å². The molecule has 1 aromatic carbocycles. The fourth-order valence-electron chi connectivity index (χ4n) is 3.11. The van der Waals surface area contributed by atoms with Crippen LogP contribution in [0.25, 0.3) is 0 Å². The van der Waals surface area contributed by atoms with Gasteiger partial charge in [-0.2, -0.15) is 0 Å². The quantitative estimate of drug-likeness (QED) is 0.871. The van der Waals surface area contributed by atoms with Gasteiger partial charge in [0, 0.05) is 6.04 Å². The van der Waals surface area contributed by atoms with E-state index in [1.54, 1.807) is 6.07 Å². The van der Waals surface area contributed by atoms with Crippen molar-refractivity contribution in [2.45, 2.75) is 45.1 Å². The van der Waals surface area contributed by atoms with Crippen LogP contribution >= 0.6 is 0 Å². The van der Waals surface area contributed by atoms with Crippen molar-refractivity contribution in [3.8, 4) is 0 Å². The van der Waals surface area contributed by atoms with Gasteiger partial charge in [-0.05, 0) is 55.8 Å². The zero-order chi connectivity index (χ0) is 13.8. The lowest BCUT2D eigenvalue weighted by Gasteiger charge is -2.32. The summed E-state index contributed by atoms with van der Waals surface area (Å²) in [4.78, 5) is 0. The molecule has 1 saturated carbocycles. The van der Waals surface area contributed by atoms with Crippen LogP contribution in [0.4, 0.5) is 8.78 Å². The van der Waals surface area contributed by atoms with Gasteiger partial charge in [-0.25, -0.2) is 8.78 Å². The van der Waals surface area contributed by atoms with Crippen LogP contribution in [0.5, 0.6) is 0 Å². The summed E-state index contributed by atoms with van der Waals surface area (Å²) in [7, 11) is 1.96. The second-order valence-electron chi connectivity index (χ2n) is 5.87. The van der Waals surface area contributed by atoms with E-state index >= 15 is 0 Å². The molecule has 106 valence electrons. The summed E-state index contributed by atoms with van der Waals surface area (Å²) in [6.07, 6.45) is 5.79. The SMILES string of the molecule is CNC(Cc1ccc(F)c(F)c1)C1CCC(C)CC1. The maximum atomic E-state index is 13.2. The third-order valence-electron chi connectivity index (χ3n) is 4.44. The highest BCUT2D eigenvalue weighted by atomic mass is 19.2. The van der Waals surface area contributed by atoms with Gasteiger partial charge in [0.05, 0.1) is 0 Å². The van der Waals surface area contributed by atoms with Crippen molar-refractivity contribution in [3.63, 3.8) is 0 Å². The Kier molecular flexibility index (Phi) is 4.92. The van der Waals surface area contributed by atoms with Gasteiger partial charge in [0.25, 0.3) is 0 Å². The van der Waals surface area contributed by atoms with E-state index in [0.717, 1.165) is 17.9 Å². The minimum absolute atomic E-state index is 0.359. The van der Waals surface area contributed by atoms with Crippen molar-refractivity contribution in [2.75, 3.05) is 7.05 Å². The predicted molar refractivity (Wildman–Crippen MR) is 74.0 cm³/mol. The van der Waals surface area contributed by atoms with Crippen LogP contribution in [0.2, 0.25) is 0 Å². The minimum Gasteiger partial charge on any atom is -0.316 e. The van der Waals surface area contributed by atoms with Crippen LogP contribution in [0.1, 0.15) is 38.2 Å². The Morgan fingerprint density at radius 2 is 1.84 bits per heavy atom. The number of halogens is 2. The monoisotopic (exact) mass is 267 g/mol.